The number of nitrogens with zero attached hydrogens (tertiary/aromatic N) is 4. The molecule has 1 rings (SSSR count). The Morgan fingerprint density at radius 2 is 2.24 bits per heavy atom. The van der Waals surface area contributed by atoms with Crippen molar-refractivity contribution in [3.8, 4) is 0 Å². The number of aromatic carboxylic acids is 1. The predicted octanol–water partition coefficient (Wildman–Crippen LogP) is 2.43. The summed E-state index contributed by atoms with van der Waals surface area (Å²) in [5, 5.41) is 12.5. The van der Waals surface area contributed by atoms with Crippen molar-refractivity contribution in [2.45, 2.75) is 6.42 Å². The van der Waals surface area contributed by atoms with Crippen LogP contribution in [0.3, 0.4) is 0 Å². The van der Waals surface area contributed by atoms with Gasteiger partial charge in [0, 0.05) is 17.1 Å². The summed E-state index contributed by atoms with van der Waals surface area (Å²) in [4.78, 5) is 15.7. The molecule has 17 heavy (non-hydrogen) atoms. The topological polar surface area (TPSA) is 89.3 Å². The molecule has 6 nitrogen and oxygen atoms in total. The molecule has 0 aromatic heterocycles. The highest BCUT2D eigenvalue weighted by Crippen LogP contribution is 2.19. The highest BCUT2D eigenvalue weighted by atomic mass is 16.4. The Morgan fingerprint density at radius 1 is 1.53 bits per heavy atom. The van der Waals surface area contributed by atoms with Gasteiger partial charge in [0.1, 0.15) is 0 Å². The average Bonchev–Trinajstić information content (AvgIpc) is 2.26. The van der Waals surface area contributed by atoms with Gasteiger partial charge in [0.05, 0.1) is 5.56 Å². The molecule has 0 unspecified atom stereocenters. The van der Waals surface area contributed by atoms with Gasteiger partial charge >= 0.3 is 5.97 Å². The fourth-order valence-electron chi connectivity index (χ4n) is 1.45. The molecule has 6 heteroatoms. The first-order valence-corrected chi connectivity index (χ1v) is 5.10. The number of carbonyl (C=O) groups is 1. The van der Waals surface area contributed by atoms with Crippen molar-refractivity contribution in [3.63, 3.8) is 0 Å². The van der Waals surface area contributed by atoms with Crippen LogP contribution in [0.5, 0.6) is 0 Å². The van der Waals surface area contributed by atoms with Gasteiger partial charge < -0.3 is 10.0 Å². The molecular formula is C11H14N4O2. The van der Waals surface area contributed by atoms with Gasteiger partial charge in [-0.15, -0.1) is 0 Å². The largest absolute Gasteiger partial charge is 0.478 e. The molecule has 0 saturated carbocycles. The van der Waals surface area contributed by atoms with E-state index in [9.17, 15) is 4.79 Å². The lowest BCUT2D eigenvalue weighted by Gasteiger charge is -2.11. The molecule has 0 aliphatic rings. The number of carboxylic acids is 1. The second-order valence-corrected chi connectivity index (χ2v) is 3.89. The van der Waals surface area contributed by atoms with E-state index in [1.807, 2.05) is 19.0 Å². The van der Waals surface area contributed by atoms with Gasteiger partial charge in [-0.1, -0.05) is 11.2 Å². The summed E-state index contributed by atoms with van der Waals surface area (Å²) in [5.74, 6) is -0.966. The number of benzene rings is 1. The molecule has 0 fully saturated rings. The van der Waals surface area contributed by atoms with Crippen molar-refractivity contribution in [1.82, 2.24) is 4.90 Å². The van der Waals surface area contributed by atoms with E-state index in [0.717, 1.165) is 6.54 Å². The maximum absolute atomic E-state index is 11.0. The molecule has 1 aromatic carbocycles. The van der Waals surface area contributed by atoms with Crippen molar-refractivity contribution in [3.05, 3.63) is 39.8 Å². The molecule has 0 amide bonds. The molecule has 0 aliphatic carbocycles. The molecule has 0 aliphatic heterocycles. The van der Waals surface area contributed by atoms with E-state index in [1.165, 1.54) is 12.1 Å². The van der Waals surface area contributed by atoms with Crippen molar-refractivity contribution in [2.75, 3.05) is 20.6 Å². The van der Waals surface area contributed by atoms with Crippen LogP contribution in [0.4, 0.5) is 5.69 Å². The van der Waals surface area contributed by atoms with E-state index < -0.39 is 5.97 Å². The quantitative estimate of drug-likeness (QED) is 0.482. The van der Waals surface area contributed by atoms with Gasteiger partial charge in [-0.2, -0.15) is 0 Å². The second kappa shape index (κ2) is 5.89. The first kappa shape index (κ1) is 13.0. The zero-order valence-electron chi connectivity index (χ0n) is 9.79. The van der Waals surface area contributed by atoms with Crippen LogP contribution in [-0.2, 0) is 6.42 Å². The van der Waals surface area contributed by atoms with Crippen LogP contribution in [0.25, 0.3) is 10.4 Å². The van der Waals surface area contributed by atoms with Crippen LogP contribution in [0.2, 0.25) is 0 Å². The molecule has 0 radical (unpaired) electrons. The normalized spacial score (nSPS) is 10.1. The Hall–Kier alpha value is -2.04. The summed E-state index contributed by atoms with van der Waals surface area (Å²) >= 11 is 0. The van der Waals surface area contributed by atoms with Crippen LogP contribution >= 0.6 is 0 Å². The van der Waals surface area contributed by atoms with Gasteiger partial charge in [0.15, 0.2) is 0 Å². The maximum atomic E-state index is 11.0. The van der Waals surface area contributed by atoms with Crippen LogP contribution in [0, 0.1) is 0 Å². The Kier molecular flexibility index (Phi) is 4.51. The zero-order valence-corrected chi connectivity index (χ0v) is 9.79. The summed E-state index contributed by atoms with van der Waals surface area (Å²) in [6, 6.07) is 4.59. The summed E-state index contributed by atoms with van der Waals surface area (Å²) in [6.07, 6.45) is 0.601. The molecule has 0 saturated heterocycles. The van der Waals surface area contributed by atoms with Crippen LogP contribution in [0.1, 0.15) is 15.9 Å². The smallest absolute Gasteiger partial charge is 0.335 e. The molecular weight excluding hydrogens is 220 g/mol. The molecule has 0 atom stereocenters. The minimum atomic E-state index is -0.966. The first-order valence-electron chi connectivity index (χ1n) is 5.10. The summed E-state index contributed by atoms with van der Waals surface area (Å²) in [5.41, 5.74) is 9.71. The van der Waals surface area contributed by atoms with Gasteiger partial charge in [-0.3, -0.25) is 0 Å². The van der Waals surface area contributed by atoms with Gasteiger partial charge in [0.25, 0.3) is 0 Å². The van der Waals surface area contributed by atoms with E-state index in [1.54, 1.807) is 6.07 Å². The van der Waals surface area contributed by atoms with Crippen LogP contribution in [-0.4, -0.2) is 36.6 Å². The Labute approximate surface area is 99.1 Å². The third kappa shape index (κ3) is 3.79. The fraction of sp³-hybridized carbons (Fsp3) is 0.364. The molecule has 0 bridgehead atoms. The van der Waals surface area contributed by atoms with Gasteiger partial charge in [-0.05, 0) is 43.7 Å². The SMILES string of the molecule is CN(C)CCc1cc(N=[N+]=[N-])ccc1C(=O)O. The number of azide groups is 1. The molecule has 90 valence electrons. The van der Waals surface area contributed by atoms with Crippen molar-refractivity contribution < 1.29 is 9.90 Å². The molecule has 1 N–H and O–H groups in total. The number of rotatable bonds is 5. The average molecular weight is 234 g/mol. The second-order valence-electron chi connectivity index (χ2n) is 3.89. The van der Waals surface area contributed by atoms with Crippen molar-refractivity contribution in [1.29, 1.82) is 0 Å². The standard InChI is InChI=1S/C11H14N4O2/c1-15(2)6-5-8-7-9(13-14-12)3-4-10(8)11(16)17/h3-4,7H,5-6H2,1-2H3,(H,16,17). The third-order valence-corrected chi connectivity index (χ3v) is 2.31. The van der Waals surface area contributed by atoms with E-state index in [2.05, 4.69) is 10.0 Å². The Morgan fingerprint density at radius 3 is 2.76 bits per heavy atom. The van der Waals surface area contributed by atoms with E-state index in [-0.39, 0.29) is 5.56 Å². The number of likely N-dealkylation sites (N-methyl/N-ethyl adjacent to an activating group) is 1. The number of hydrogen-bond donors (Lipinski definition) is 1. The molecule has 1 aromatic rings. The molecule has 0 heterocycles. The lowest BCUT2D eigenvalue weighted by molar-refractivity contribution is 0.0695. The lowest BCUT2D eigenvalue weighted by atomic mass is 10.0. The number of hydrogen-bond acceptors (Lipinski definition) is 3. The third-order valence-electron chi connectivity index (χ3n) is 2.31. The zero-order chi connectivity index (χ0) is 12.8. The van der Waals surface area contributed by atoms with E-state index in [0.29, 0.717) is 17.7 Å². The van der Waals surface area contributed by atoms with Crippen LogP contribution < -0.4 is 0 Å². The van der Waals surface area contributed by atoms with Crippen LogP contribution in [0.15, 0.2) is 23.3 Å². The van der Waals surface area contributed by atoms with Crippen molar-refractivity contribution in [2.24, 2.45) is 5.11 Å². The fourth-order valence-corrected chi connectivity index (χ4v) is 1.45. The lowest BCUT2D eigenvalue weighted by Crippen LogP contribution is -2.16. The number of carboxylic acid groups (broad SMARTS) is 1. The maximum Gasteiger partial charge on any atom is 0.335 e. The Bertz CT molecular complexity index is 465. The highest BCUT2D eigenvalue weighted by molar-refractivity contribution is 5.89. The van der Waals surface area contributed by atoms with E-state index >= 15 is 0 Å². The summed E-state index contributed by atoms with van der Waals surface area (Å²) in [6.45, 7) is 0.736. The highest BCUT2D eigenvalue weighted by Gasteiger charge is 2.10. The monoisotopic (exact) mass is 234 g/mol. The summed E-state index contributed by atoms with van der Waals surface area (Å²) in [7, 11) is 3.83. The van der Waals surface area contributed by atoms with Gasteiger partial charge in [0.2, 0.25) is 0 Å². The Balaban J connectivity index is 3.06. The van der Waals surface area contributed by atoms with E-state index in [4.69, 9.17) is 10.6 Å². The summed E-state index contributed by atoms with van der Waals surface area (Å²) < 4.78 is 0. The predicted molar refractivity (Wildman–Crippen MR) is 64.5 cm³/mol. The van der Waals surface area contributed by atoms with Gasteiger partial charge in [-0.25, -0.2) is 4.79 Å². The van der Waals surface area contributed by atoms with Crippen molar-refractivity contribution >= 4 is 11.7 Å². The first-order chi connectivity index (χ1) is 8.04. The minimum Gasteiger partial charge on any atom is -0.478 e. The molecule has 0 spiro atoms. The minimum absolute atomic E-state index is 0.253.